The van der Waals surface area contributed by atoms with Gasteiger partial charge in [0.15, 0.2) is 0 Å². The van der Waals surface area contributed by atoms with Gasteiger partial charge in [-0.05, 0) is 0 Å². The maximum atomic E-state index is 11.8. The van der Waals surface area contributed by atoms with E-state index in [0.29, 0.717) is 12.1 Å². The van der Waals surface area contributed by atoms with Gasteiger partial charge in [-0.3, -0.25) is 0 Å². The van der Waals surface area contributed by atoms with Gasteiger partial charge >= 0.3 is 0 Å². The summed E-state index contributed by atoms with van der Waals surface area (Å²) in [5.74, 6) is 0. The van der Waals surface area contributed by atoms with E-state index in [1.54, 1.807) is 0 Å². The van der Waals surface area contributed by atoms with Crippen LogP contribution in [0.4, 0.5) is 8.78 Å². The lowest BCUT2D eigenvalue weighted by atomic mass is 10.4. The van der Waals surface area contributed by atoms with Crippen molar-refractivity contribution in [2.75, 3.05) is 27.4 Å². The molecular weight excluding hydrogens is 252 g/mol. The molecular formula is C10H15F2NO3S. The second kappa shape index (κ2) is 7.65. The van der Waals surface area contributed by atoms with E-state index in [2.05, 4.69) is 4.98 Å². The maximum Gasteiger partial charge on any atom is 0.261 e. The monoisotopic (exact) mass is 267 g/mol. The Hall–Kier alpha value is -0.630. The summed E-state index contributed by atoms with van der Waals surface area (Å²) in [5, 5.41) is 2.63. The molecule has 0 saturated carbocycles. The molecule has 1 heterocycles. The van der Waals surface area contributed by atoms with E-state index in [1.165, 1.54) is 25.6 Å². The van der Waals surface area contributed by atoms with E-state index in [-0.39, 0.29) is 6.61 Å². The van der Waals surface area contributed by atoms with Crippen LogP contribution in [0.3, 0.4) is 0 Å². The molecule has 0 aliphatic rings. The molecule has 4 nitrogen and oxygen atoms in total. The van der Waals surface area contributed by atoms with Crippen molar-refractivity contribution in [2.24, 2.45) is 0 Å². The van der Waals surface area contributed by atoms with Gasteiger partial charge in [-0.25, -0.2) is 13.8 Å². The lowest BCUT2D eigenvalue weighted by Gasteiger charge is -2.09. The lowest BCUT2D eigenvalue weighted by molar-refractivity contribution is -0.108. The van der Waals surface area contributed by atoms with Crippen LogP contribution >= 0.6 is 11.3 Å². The summed E-state index contributed by atoms with van der Waals surface area (Å²) in [4.78, 5) is 4.27. The standard InChI is InChI=1S/C10H15F2NO3S/c1-14-10(15-2)7-6-17-9(13-7)3-4-16-5-8(11)12/h6,8,10H,3-5H2,1-2H3. The first-order chi connectivity index (χ1) is 8.17. The summed E-state index contributed by atoms with van der Waals surface area (Å²) in [6.07, 6.45) is -2.40. The van der Waals surface area contributed by atoms with Crippen molar-refractivity contribution >= 4 is 11.3 Å². The van der Waals surface area contributed by atoms with Gasteiger partial charge < -0.3 is 14.2 Å². The first-order valence-corrected chi connectivity index (χ1v) is 5.91. The third kappa shape index (κ3) is 5.03. The Kier molecular flexibility index (Phi) is 6.49. The predicted octanol–water partition coefficient (Wildman–Crippen LogP) is 2.26. The molecule has 1 rings (SSSR count). The minimum absolute atomic E-state index is 0.238. The molecule has 0 spiro atoms. The second-order valence-corrected chi connectivity index (χ2v) is 4.13. The molecule has 0 bridgehead atoms. The predicted molar refractivity (Wildman–Crippen MR) is 59.4 cm³/mol. The quantitative estimate of drug-likeness (QED) is 0.535. The summed E-state index contributed by atoms with van der Waals surface area (Å²) >= 11 is 1.43. The number of aromatic nitrogens is 1. The molecule has 1 aromatic heterocycles. The molecule has 0 saturated heterocycles. The zero-order valence-corrected chi connectivity index (χ0v) is 10.5. The van der Waals surface area contributed by atoms with E-state index in [4.69, 9.17) is 14.2 Å². The molecule has 0 N–H and O–H groups in total. The summed E-state index contributed by atoms with van der Waals surface area (Å²) in [6, 6.07) is 0. The minimum Gasteiger partial charge on any atom is -0.375 e. The number of halogens is 2. The fraction of sp³-hybridized carbons (Fsp3) is 0.700. The number of thiazole rings is 1. The summed E-state index contributed by atoms with van der Waals surface area (Å²) in [7, 11) is 3.05. The average molecular weight is 267 g/mol. The largest absolute Gasteiger partial charge is 0.375 e. The molecule has 0 amide bonds. The van der Waals surface area contributed by atoms with E-state index < -0.39 is 19.3 Å². The van der Waals surface area contributed by atoms with Crippen LogP contribution in [0.1, 0.15) is 17.0 Å². The van der Waals surface area contributed by atoms with Gasteiger partial charge in [0.1, 0.15) is 12.3 Å². The van der Waals surface area contributed by atoms with Gasteiger partial charge in [0.05, 0.1) is 11.6 Å². The van der Waals surface area contributed by atoms with Crippen LogP contribution in [0.25, 0.3) is 0 Å². The van der Waals surface area contributed by atoms with Gasteiger partial charge in [-0.2, -0.15) is 0 Å². The van der Waals surface area contributed by atoms with Crippen LogP contribution in [0.15, 0.2) is 5.38 Å². The van der Waals surface area contributed by atoms with Crippen molar-refractivity contribution < 1.29 is 23.0 Å². The third-order valence-electron chi connectivity index (χ3n) is 1.94. The fourth-order valence-corrected chi connectivity index (χ4v) is 2.00. The van der Waals surface area contributed by atoms with Gasteiger partial charge in [0, 0.05) is 26.0 Å². The van der Waals surface area contributed by atoms with E-state index in [1.807, 2.05) is 5.38 Å². The van der Waals surface area contributed by atoms with Crippen LogP contribution in [-0.4, -0.2) is 38.8 Å². The zero-order chi connectivity index (χ0) is 12.7. The highest BCUT2D eigenvalue weighted by Gasteiger charge is 2.13. The molecule has 0 unspecified atom stereocenters. The molecule has 1 aromatic rings. The second-order valence-electron chi connectivity index (χ2n) is 3.19. The van der Waals surface area contributed by atoms with E-state index >= 15 is 0 Å². The van der Waals surface area contributed by atoms with Crippen molar-refractivity contribution in [1.82, 2.24) is 4.98 Å². The third-order valence-corrected chi connectivity index (χ3v) is 2.87. The fourth-order valence-electron chi connectivity index (χ4n) is 1.22. The summed E-state index contributed by atoms with van der Waals surface area (Å²) < 4.78 is 38.5. The Morgan fingerprint density at radius 3 is 2.65 bits per heavy atom. The highest BCUT2D eigenvalue weighted by molar-refractivity contribution is 7.09. The van der Waals surface area contributed by atoms with Crippen molar-refractivity contribution in [3.8, 4) is 0 Å². The highest BCUT2D eigenvalue weighted by atomic mass is 32.1. The summed E-state index contributed by atoms with van der Waals surface area (Å²) in [6.45, 7) is -0.293. The molecule has 98 valence electrons. The van der Waals surface area contributed by atoms with Gasteiger partial charge in [-0.15, -0.1) is 11.3 Å². The number of ether oxygens (including phenoxy) is 3. The number of rotatable bonds is 8. The van der Waals surface area contributed by atoms with Crippen LogP contribution in [-0.2, 0) is 20.6 Å². The van der Waals surface area contributed by atoms with Crippen LogP contribution in [0.5, 0.6) is 0 Å². The number of hydrogen-bond acceptors (Lipinski definition) is 5. The molecule has 0 atom stereocenters. The molecule has 17 heavy (non-hydrogen) atoms. The highest BCUT2D eigenvalue weighted by Crippen LogP contribution is 2.20. The molecule has 0 aliphatic carbocycles. The Morgan fingerprint density at radius 1 is 1.35 bits per heavy atom. The first kappa shape index (κ1) is 14.4. The number of methoxy groups -OCH3 is 2. The number of alkyl halides is 2. The SMILES string of the molecule is COC(OC)c1csc(CCOCC(F)F)n1. The van der Waals surface area contributed by atoms with Crippen LogP contribution in [0.2, 0.25) is 0 Å². The Morgan fingerprint density at radius 2 is 2.06 bits per heavy atom. The smallest absolute Gasteiger partial charge is 0.261 e. The lowest BCUT2D eigenvalue weighted by Crippen LogP contribution is -2.07. The van der Waals surface area contributed by atoms with Crippen molar-refractivity contribution in [3.63, 3.8) is 0 Å². The van der Waals surface area contributed by atoms with Gasteiger partial charge in [-0.1, -0.05) is 0 Å². The zero-order valence-electron chi connectivity index (χ0n) is 9.69. The maximum absolute atomic E-state index is 11.8. The molecule has 0 aliphatic heterocycles. The molecule has 0 aromatic carbocycles. The van der Waals surface area contributed by atoms with Gasteiger partial charge in [0.2, 0.25) is 6.29 Å². The Bertz CT molecular complexity index is 318. The van der Waals surface area contributed by atoms with Crippen molar-refractivity contribution in [1.29, 1.82) is 0 Å². The first-order valence-electron chi connectivity index (χ1n) is 5.03. The summed E-state index contributed by atoms with van der Waals surface area (Å²) in [5.41, 5.74) is 0.684. The minimum atomic E-state index is -2.42. The van der Waals surface area contributed by atoms with Crippen molar-refractivity contribution in [2.45, 2.75) is 19.1 Å². The Labute approximate surface area is 103 Å². The Balaban J connectivity index is 2.35. The molecule has 7 heteroatoms. The molecule has 0 fully saturated rings. The van der Waals surface area contributed by atoms with E-state index in [0.717, 1.165) is 5.01 Å². The van der Waals surface area contributed by atoms with E-state index in [9.17, 15) is 8.78 Å². The molecule has 0 radical (unpaired) electrons. The topological polar surface area (TPSA) is 40.6 Å². The number of nitrogens with zero attached hydrogens (tertiary/aromatic N) is 1. The van der Waals surface area contributed by atoms with Crippen LogP contribution < -0.4 is 0 Å². The number of hydrogen-bond donors (Lipinski definition) is 0. The van der Waals surface area contributed by atoms with Gasteiger partial charge in [0.25, 0.3) is 6.43 Å². The normalized spacial score (nSPS) is 11.6. The average Bonchev–Trinajstić information content (AvgIpc) is 2.75. The van der Waals surface area contributed by atoms with Crippen molar-refractivity contribution in [3.05, 3.63) is 16.1 Å². The van der Waals surface area contributed by atoms with Crippen LogP contribution in [0, 0.1) is 0 Å².